The molecule has 0 bridgehead atoms. The Kier molecular flexibility index (Phi) is 3.62. The van der Waals surface area contributed by atoms with Crippen LogP contribution >= 0.6 is 22.9 Å². The number of nitrogens with zero attached hydrogens (tertiary/aromatic N) is 1. The van der Waals surface area contributed by atoms with E-state index in [1.165, 1.54) is 13.8 Å². The van der Waals surface area contributed by atoms with E-state index < -0.39 is 12.0 Å². The summed E-state index contributed by atoms with van der Waals surface area (Å²) in [7, 11) is 0. The van der Waals surface area contributed by atoms with E-state index in [0.29, 0.717) is 0 Å². The molecule has 1 N–H and O–H groups in total. The van der Waals surface area contributed by atoms with E-state index in [-0.39, 0.29) is 5.91 Å². The minimum absolute atomic E-state index is 0.254. The smallest absolute Gasteiger partial charge is 0.326 e. The van der Waals surface area contributed by atoms with E-state index in [9.17, 15) is 9.59 Å². The maximum absolute atomic E-state index is 10.5. The maximum atomic E-state index is 10.5. The Morgan fingerprint density at radius 3 is 2.10 bits per heavy atom. The Bertz CT molecular complexity index is 141. The summed E-state index contributed by atoms with van der Waals surface area (Å²) < 4.78 is 1.14. The summed E-state index contributed by atoms with van der Waals surface area (Å²) >= 11 is 1.68. The molecule has 0 aromatic carbocycles. The molecule has 10 heavy (non-hydrogen) atoms. The van der Waals surface area contributed by atoms with E-state index in [0.717, 1.165) is 3.11 Å². The lowest BCUT2D eigenvalue weighted by atomic mass is 10.3. The first-order chi connectivity index (χ1) is 4.46. The van der Waals surface area contributed by atoms with Crippen molar-refractivity contribution >= 4 is 34.7 Å². The van der Waals surface area contributed by atoms with Crippen molar-refractivity contribution in [2.24, 2.45) is 0 Å². The van der Waals surface area contributed by atoms with Gasteiger partial charge >= 0.3 is 5.97 Å². The van der Waals surface area contributed by atoms with Crippen LogP contribution in [0.4, 0.5) is 0 Å². The van der Waals surface area contributed by atoms with E-state index in [1.54, 1.807) is 22.9 Å². The van der Waals surface area contributed by atoms with Gasteiger partial charge in [-0.1, -0.05) is 0 Å². The predicted octanol–water partition coefficient (Wildman–Crippen LogP) is 0.658. The number of rotatable bonds is 2. The molecule has 1 atom stereocenters. The fraction of sp³-hybridized carbons (Fsp3) is 0.600. The van der Waals surface area contributed by atoms with Crippen molar-refractivity contribution in [1.29, 1.82) is 0 Å². The average molecular weight is 257 g/mol. The molecule has 0 aromatic heterocycles. The lowest BCUT2D eigenvalue weighted by Gasteiger charge is -2.15. The van der Waals surface area contributed by atoms with E-state index in [4.69, 9.17) is 5.11 Å². The van der Waals surface area contributed by atoms with Crippen LogP contribution in [0.15, 0.2) is 0 Å². The van der Waals surface area contributed by atoms with E-state index in [2.05, 4.69) is 0 Å². The van der Waals surface area contributed by atoms with Crippen molar-refractivity contribution in [1.82, 2.24) is 3.11 Å². The highest BCUT2D eigenvalue weighted by molar-refractivity contribution is 14.1. The van der Waals surface area contributed by atoms with Gasteiger partial charge in [-0.3, -0.25) is 7.91 Å². The maximum Gasteiger partial charge on any atom is 0.326 e. The number of amides is 1. The van der Waals surface area contributed by atoms with Gasteiger partial charge in [0.2, 0.25) is 5.91 Å². The number of halogens is 1. The fourth-order valence-corrected chi connectivity index (χ4v) is 0.608. The van der Waals surface area contributed by atoms with Gasteiger partial charge in [0, 0.05) is 6.92 Å². The van der Waals surface area contributed by atoms with Crippen LogP contribution in [0, 0.1) is 0 Å². The molecule has 0 saturated carbocycles. The molecule has 58 valence electrons. The van der Waals surface area contributed by atoms with Crippen LogP contribution in [0.5, 0.6) is 0 Å². The summed E-state index contributed by atoms with van der Waals surface area (Å²) in [5, 5.41) is 8.40. The molecule has 0 aliphatic heterocycles. The van der Waals surface area contributed by atoms with Gasteiger partial charge in [-0.2, -0.15) is 0 Å². The summed E-state index contributed by atoms with van der Waals surface area (Å²) in [6, 6.07) is -0.752. The SMILES string of the molecule is CC(=O)N(I)C(C)C(=O)O. The lowest BCUT2D eigenvalue weighted by Crippen LogP contribution is -2.34. The summed E-state index contributed by atoms with van der Waals surface area (Å²) in [4.78, 5) is 20.8. The molecule has 0 spiro atoms. The van der Waals surface area contributed by atoms with Crippen molar-refractivity contribution in [2.45, 2.75) is 19.9 Å². The second-order valence-corrected chi connectivity index (χ2v) is 2.88. The molecule has 0 fully saturated rings. The molecule has 0 aliphatic carbocycles. The third kappa shape index (κ3) is 2.51. The highest BCUT2D eigenvalue weighted by Crippen LogP contribution is 2.06. The summed E-state index contributed by atoms with van der Waals surface area (Å²) in [6.45, 7) is 2.78. The topological polar surface area (TPSA) is 57.6 Å². The molecule has 0 aromatic rings. The number of hydrogen-bond acceptors (Lipinski definition) is 2. The zero-order valence-corrected chi connectivity index (χ0v) is 7.82. The van der Waals surface area contributed by atoms with Gasteiger partial charge in [0.25, 0.3) is 0 Å². The number of aliphatic carboxylic acids is 1. The van der Waals surface area contributed by atoms with Crippen LogP contribution < -0.4 is 0 Å². The van der Waals surface area contributed by atoms with Crippen molar-refractivity contribution in [3.05, 3.63) is 0 Å². The Hall–Kier alpha value is -0.330. The average Bonchev–Trinajstić information content (AvgIpc) is 1.84. The molecule has 0 rings (SSSR count). The van der Waals surface area contributed by atoms with Gasteiger partial charge < -0.3 is 5.11 Å². The van der Waals surface area contributed by atoms with Gasteiger partial charge in [0.15, 0.2) is 0 Å². The Morgan fingerprint density at radius 2 is 2.00 bits per heavy atom. The molecular weight excluding hydrogens is 249 g/mol. The van der Waals surface area contributed by atoms with Crippen LogP contribution in [0.1, 0.15) is 13.8 Å². The second-order valence-electron chi connectivity index (χ2n) is 1.84. The highest BCUT2D eigenvalue weighted by Gasteiger charge is 2.19. The first-order valence-electron chi connectivity index (χ1n) is 2.65. The van der Waals surface area contributed by atoms with Gasteiger partial charge in [-0.05, 0) is 6.92 Å². The molecule has 5 heteroatoms. The second kappa shape index (κ2) is 3.75. The number of carboxylic acids is 1. The van der Waals surface area contributed by atoms with Crippen LogP contribution in [0.3, 0.4) is 0 Å². The van der Waals surface area contributed by atoms with Crippen LogP contribution in [-0.2, 0) is 9.59 Å². The van der Waals surface area contributed by atoms with Crippen LogP contribution in [0.2, 0.25) is 0 Å². The summed E-state index contributed by atoms with van der Waals surface area (Å²) in [6.07, 6.45) is 0. The van der Waals surface area contributed by atoms with Crippen molar-refractivity contribution in [2.75, 3.05) is 0 Å². The third-order valence-corrected chi connectivity index (χ3v) is 2.51. The molecule has 0 radical (unpaired) electrons. The lowest BCUT2D eigenvalue weighted by molar-refractivity contribution is -0.143. The largest absolute Gasteiger partial charge is 0.480 e. The molecule has 1 unspecified atom stereocenters. The summed E-state index contributed by atoms with van der Waals surface area (Å²) in [5.41, 5.74) is 0. The Morgan fingerprint density at radius 1 is 1.60 bits per heavy atom. The highest BCUT2D eigenvalue weighted by atomic mass is 127. The van der Waals surface area contributed by atoms with E-state index >= 15 is 0 Å². The Labute approximate surface area is 72.7 Å². The molecule has 1 amide bonds. The first kappa shape index (κ1) is 9.67. The number of hydrogen-bond donors (Lipinski definition) is 1. The monoisotopic (exact) mass is 257 g/mol. The number of carbonyl (C=O) groups excluding carboxylic acids is 1. The van der Waals surface area contributed by atoms with Gasteiger partial charge in [0.05, 0.1) is 22.9 Å². The third-order valence-electron chi connectivity index (χ3n) is 0.998. The molecule has 0 saturated heterocycles. The normalized spacial score (nSPS) is 12.3. The van der Waals surface area contributed by atoms with Crippen molar-refractivity contribution in [3.8, 4) is 0 Å². The van der Waals surface area contributed by atoms with Crippen LogP contribution in [0.25, 0.3) is 0 Å². The fourth-order valence-electron chi connectivity index (χ4n) is 0.370. The predicted molar refractivity (Wildman–Crippen MR) is 43.6 cm³/mol. The quantitative estimate of drug-likeness (QED) is 0.584. The van der Waals surface area contributed by atoms with Gasteiger partial charge in [-0.25, -0.2) is 4.79 Å². The minimum Gasteiger partial charge on any atom is -0.480 e. The molecule has 0 aliphatic rings. The van der Waals surface area contributed by atoms with Crippen molar-refractivity contribution in [3.63, 3.8) is 0 Å². The molecule has 4 nitrogen and oxygen atoms in total. The zero-order chi connectivity index (χ0) is 8.31. The molecular formula is C5H8INO3. The van der Waals surface area contributed by atoms with Gasteiger partial charge in [0.1, 0.15) is 6.04 Å². The number of carbonyl (C=O) groups is 2. The zero-order valence-electron chi connectivity index (χ0n) is 5.67. The van der Waals surface area contributed by atoms with E-state index in [1.807, 2.05) is 0 Å². The Balaban J connectivity index is 4.07. The number of carboxylic acid groups (broad SMARTS) is 1. The van der Waals surface area contributed by atoms with Gasteiger partial charge in [-0.15, -0.1) is 0 Å². The van der Waals surface area contributed by atoms with Crippen LogP contribution in [-0.4, -0.2) is 26.1 Å². The first-order valence-corrected chi connectivity index (χ1v) is 3.61. The van der Waals surface area contributed by atoms with Crippen molar-refractivity contribution < 1.29 is 14.7 Å². The minimum atomic E-state index is -0.996. The standard InChI is InChI=1S/C5H8INO3/c1-3(5(9)10)7(6)4(2)8/h3H,1-2H3,(H,9,10). The summed E-state index contributed by atoms with van der Waals surface area (Å²) in [5.74, 6) is -1.25. The molecule has 0 heterocycles.